The van der Waals surface area contributed by atoms with Crippen LogP contribution in [0.1, 0.15) is 31.4 Å². The monoisotopic (exact) mass is 353 g/mol. The van der Waals surface area contributed by atoms with Gasteiger partial charge < -0.3 is 5.32 Å². The highest BCUT2D eigenvalue weighted by atomic mass is 32.1. The Bertz CT molecular complexity index is 949. The molecule has 0 bridgehead atoms. The van der Waals surface area contributed by atoms with Crippen molar-refractivity contribution < 1.29 is 4.79 Å². The fourth-order valence-electron chi connectivity index (χ4n) is 2.32. The number of aromatic nitrogens is 1. The molecule has 1 aromatic carbocycles. The number of thiophene rings is 1. The van der Waals surface area contributed by atoms with Gasteiger partial charge in [-0.2, -0.15) is 5.26 Å². The lowest BCUT2D eigenvalue weighted by molar-refractivity contribution is 0.103. The molecule has 0 radical (unpaired) electrons. The molecule has 1 N–H and O–H groups in total. The lowest BCUT2D eigenvalue weighted by Gasteiger charge is -2.01. The molecule has 24 heavy (non-hydrogen) atoms. The molecule has 0 fully saturated rings. The van der Waals surface area contributed by atoms with Crippen molar-refractivity contribution >= 4 is 33.6 Å². The maximum absolute atomic E-state index is 12.6. The lowest BCUT2D eigenvalue weighted by atomic mass is 10.2. The third-order valence-corrected chi connectivity index (χ3v) is 6.08. The van der Waals surface area contributed by atoms with Gasteiger partial charge in [0.25, 0.3) is 5.91 Å². The topological polar surface area (TPSA) is 65.8 Å². The number of nitrogens with one attached hydrogen (secondary N) is 1. The minimum absolute atomic E-state index is 0.218. The van der Waals surface area contributed by atoms with E-state index in [1.54, 1.807) is 0 Å². The molecule has 4 nitrogen and oxygen atoms in total. The third-order valence-electron chi connectivity index (χ3n) is 3.75. The van der Waals surface area contributed by atoms with Crippen LogP contribution in [0.2, 0.25) is 0 Å². The highest BCUT2D eigenvalue weighted by molar-refractivity contribution is 7.18. The van der Waals surface area contributed by atoms with E-state index >= 15 is 0 Å². The number of benzene rings is 1. The zero-order chi connectivity index (χ0) is 17.3. The summed E-state index contributed by atoms with van der Waals surface area (Å²) < 4.78 is 0. The third kappa shape index (κ3) is 2.96. The highest BCUT2D eigenvalue weighted by Crippen LogP contribution is 2.33. The number of rotatable bonds is 3. The van der Waals surface area contributed by atoms with Gasteiger partial charge in [-0.15, -0.1) is 22.7 Å². The van der Waals surface area contributed by atoms with Crippen molar-refractivity contribution in [2.75, 3.05) is 5.32 Å². The predicted octanol–water partition coefficient (Wildman–Crippen LogP) is 4.92. The van der Waals surface area contributed by atoms with Gasteiger partial charge in [-0.05, 0) is 26.3 Å². The first-order valence-corrected chi connectivity index (χ1v) is 8.99. The molecule has 1 amide bonds. The van der Waals surface area contributed by atoms with E-state index in [0.29, 0.717) is 21.1 Å². The van der Waals surface area contributed by atoms with Gasteiger partial charge in [0.15, 0.2) is 0 Å². The second kappa shape index (κ2) is 6.56. The molecule has 2 aromatic heterocycles. The number of thiazole rings is 1. The molecule has 0 saturated carbocycles. The van der Waals surface area contributed by atoms with Crippen LogP contribution >= 0.6 is 22.7 Å². The van der Waals surface area contributed by atoms with Crippen LogP contribution in [0.25, 0.3) is 10.6 Å². The second-order valence-electron chi connectivity index (χ2n) is 5.35. The molecule has 0 saturated heterocycles. The molecular weight excluding hydrogens is 338 g/mol. The summed E-state index contributed by atoms with van der Waals surface area (Å²) >= 11 is 2.79. The Morgan fingerprint density at radius 2 is 1.88 bits per heavy atom. The van der Waals surface area contributed by atoms with E-state index < -0.39 is 0 Å². The average Bonchev–Trinajstić information content (AvgIpc) is 3.09. The van der Waals surface area contributed by atoms with Crippen molar-refractivity contribution in [3.8, 4) is 16.6 Å². The number of aryl methyl sites for hydroxylation is 2. The summed E-state index contributed by atoms with van der Waals surface area (Å²) in [4.78, 5) is 18.7. The molecule has 6 heteroatoms. The summed E-state index contributed by atoms with van der Waals surface area (Å²) in [6, 6.07) is 12.0. The number of hydrogen-bond donors (Lipinski definition) is 1. The summed E-state index contributed by atoms with van der Waals surface area (Å²) in [6.07, 6.45) is 0. The van der Waals surface area contributed by atoms with Crippen LogP contribution in [0.3, 0.4) is 0 Å². The first-order valence-electron chi connectivity index (χ1n) is 7.35. The number of carbonyl (C=O) groups excluding carboxylic acids is 1. The van der Waals surface area contributed by atoms with E-state index in [2.05, 4.69) is 16.4 Å². The molecule has 0 unspecified atom stereocenters. The Labute approximate surface area is 148 Å². The standard InChI is InChI=1S/C18H15N3OS2/c1-10-12(3)23-18(14(10)9-19)21-16(22)15-11(2)20-17(24-15)13-7-5-4-6-8-13/h4-8H,1-3H3,(H,21,22). The zero-order valence-electron chi connectivity index (χ0n) is 13.5. The average molecular weight is 353 g/mol. The SMILES string of the molecule is Cc1nc(-c2ccccc2)sc1C(=O)Nc1sc(C)c(C)c1C#N. The first kappa shape index (κ1) is 16.4. The molecule has 0 aliphatic heterocycles. The maximum Gasteiger partial charge on any atom is 0.268 e. The number of nitriles is 1. The minimum atomic E-state index is -0.218. The molecule has 3 aromatic rings. The number of amides is 1. The summed E-state index contributed by atoms with van der Waals surface area (Å²) in [5.74, 6) is -0.218. The van der Waals surface area contributed by atoms with Crippen molar-refractivity contribution in [2.24, 2.45) is 0 Å². The van der Waals surface area contributed by atoms with Crippen molar-refractivity contribution in [2.45, 2.75) is 20.8 Å². The zero-order valence-corrected chi connectivity index (χ0v) is 15.1. The van der Waals surface area contributed by atoms with Gasteiger partial charge in [-0.1, -0.05) is 30.3 Å². The fourth-order valence-corrected chi connectivity index (χ4v) is 4.29. The summed E-state index contributed by atoms with van der Waals surface area (Å²) in [5, 5.41) is 13.6. The normalized spacial score (nSPS) is 10.4. The van der Waals surface area contributed by atoms with E-state index in [4.69, 9.17) is 0 Å². The van der Waals surface area contributed by atoms with Gasteiger partial charge in [-0.25, -0.2) is 4.98 Å². The van der Waals surface area contributed by atoms with E-state index in [1.807, 2.05) is 51.1 Å². The van der Waals surface area contributed by atoms with E-state index in [1.165, 1.54) is 22.7 Å². The molecule has 2 heterocycles. The summed E-state index contributed by atoms with van der Waals surface area (Å²) in [5.41, 5.74) is 3.14. The molecule has 120 valence electrons. The van der Waals surface area contributed by atoms with Gasteiger partial charge in [0.2, 0.25) is 0 Å². The van der Waals surface area contributed by atoms with Crippen LogP contribution in [-0.2, 0) is 0 Å². The molecule has 0 aliphatic rings. The maximum atomic E-state index is 12.6. The Morgan fingerprint density at radius 3 is 2.54 bits per heavy atom. The molecule has 0 aliphatic carbocycles. The van der Waals surface area contributed by atoms with Crippen LogP contribution in [-0.4, -0.2) is 10.9 Å². The van der Waals surface area contributed by atoms with E-state index in [0.717, 1.165) is 21.0 Å². The van der Waals surface area contributed by atoms with Gasteiger partial charge in [0.1, 0.15) is 21.0 Å². The van der Waals surface area contributed by atoms with Crippen LogP contribution in [0, 0.1) is 32.1 Å². The summed E-state index contributed by atoms with van der Waals surface area (Å²) in [6.45, 7) is 5.67. The van der Waals surface area contributed by atoms with Crippen molar-refractivity contribution in [1.82, 2.24) is 4.98 Å². The van der Waals surface area contributed by atoms with Gasteiger partial charge in [0.05, 0.1) is 11.3 Å². The molecule has 0 atom stereocenters. The number of anilines is 1. The Kier molecular flexibility index (Phi) is 4.47. The second-order valence-corrected chi connectivity index (χ2v) is 7.58. The number of nitrogens with zero attached hydrogens (tertiary/aromatic N) is 2. The number of carbonyl (C=O) groups is 1. The Morgan fingerprint density at radius 1 is 1.17 bits per heavy atom. The van der Waals surface area contributed by atoms with Crippen molar-refractivity contribution in [3.63, 3.8) is 0 Å². The van der Waals surface area contributed by atoms with Crippen LogP contribution in [0.4, 0.5) is 5.00 Å². The lowest BCUT2D eigenvalue weighted by Crippen LogP contribution is -2.11. The molecular formula is C18H15N3OS2. The smallest absolute Gasteiger partial charge is 0.268 e. The molecule has 0 spiro atoms. The van der Waals surface area contributed by atoms with E-state index in [9.17, 15) is 10.1 Å². The minimum Gasteiger partial charge on any atom is -0.312 e. The van der Waals surface area contributed by atoms with Gasteiger partial charge in [-0.3, -0.25) is 4.79 Å². The summed E-state index contributed by atoms with van der Waals surface area (Å²) in [7, 11) is 0. The Balaban J connectivity index is 1.91. The van der Waals surface area contributed by atoms with Crippen molar-refractivity contribution in [3.05, 3.63) is 56.9 Å². The van der Waals surface area contributed by atoms with E-state index in [-0.39, 0.29) is 5.91 Å². The van der Waals surface area contributed by atoms with Crippen molar-refractivity contribution in [1.29, 1.82) is 5.26 Å². The quantitative estimate of drug-likeness (QED) is 0.727. The van der Waals surface area contributed by atoms with Gasteiger partial charge >= 0.3 is 0 Å². The highest BCUT2D eigenvalue weighted by Gasteiger charge is 2.20. The van der Waals surface area contributed by atoms with Crippen LogP contribution < -0.4 is 5.32 Å². The van der Waals surface area contributed by atoms with Gasteiger partial charge in [0, 0.05) is 10.4 Å². The van der Waals surface area contributed by atoms with Crippen LogP contribution in [0.15, 0.2) is 30.3 Å². The largest absolute Gasteiger partial charge is 0.312 e. The molecule has 3 rings (SSSR count). The predicted molar refractivity (Wildman–Crippen MR) is 98.7 cm³/mol. The first-order chi connectivity index (χ1) is 11.5. The Hall–Kier alpha value is -2.49. The fraction of sp³-hybridized carbons (Fsp3) is 0.167. The van der Waals surface area contributed by atoms with Crippen LogP contribution in [0.5, 0.6) is 0 Å². The number of hydrogen-bond acceptors (Lipinski definition) is 5.